The summed E-state index contributed by atoms with van der Waals surface area (Å²) in [6.45, 7) is 3.53. The summed E-state index contributed by atoms with van der Waals surface area (Å²) < 4.78 is 10.3. The topological polar surface area (TPSA) is 85.5 Å². The fourth-order valence-corrected chi connectivity index (χ4v) is 2.33. The van der Waals surface area contributed by atoms with E-state index in [9.17, 15) is 9.90 Å². The number of aryl methyl sites for hydroxylation is 2. The van der Waals surface area contributed by atoms with Crippen LogP contribution < -0.4 is 4.74 Å². The van der Waals surface area contributed by atoms with E-state index in [-0.39, 0.29) is 10.1 Å². The molecule has 0 aliphatic carbocycles. The molecule has 0 fully saturated rings. The lowest BCUT2D eigenvalue weighted by atomic mass is 10.1. The molecule has 1 aromatic heterocycles. The average Bonchev–Trinajstić information content (AvgIpc) is 2.85. The van der Waals surface area contributed by atoms with Gasteiger partial charge in [-0.15, -0.1) is 10.2 Å². The Balaban J connectivity index is 2.31. The van der Waals surface area contributed by atoms with Crippen LogP contribution in [0.4, 0.5) is 0 Å². The Bertz CT molecular complexity index is 694. The first-order valence-corrected chi connectivity index (χ1v) is 6.89. The van der Waals surface area contributed by atoms with Crippen molar-refractivity contribution in [3.05, 3.63) is 40.1 Å². The van der Waals surface area contributed by atoms with Crippen LogP contribution in [0.5, 0.6) is 5.75 Å². The minimum absolute atomic E-state index is 0.104. The second-order valence-electron chi connectivity index (χ2n) is 4.23. The monoisotopic (exact) mass is 306 g/mol. The molecule has 6 nitrogen and oxygen atoms in total. The van der Waals surface area contributed by atoms with Gasteiger partial charge in [-0.3, -0.25) is 0 Å². The first-order valence-electron chi connectivity index (χ1n) is 6.07. The van der Waals surface area contributed by atoms with E-state index >= 15 is 0 Å². The van der Waals surface area contributed by atoms with Crippen LogP contribution in [0, 0.1) is 13.8 Å². The van der Waals surface area contributed by atoms with Gasteiger partial charge in [0.2, 0.25) is 5.89 Å². The van der Waals surface area contributed by atoms with Crippen LogP contribution in [-0.4, -0.2) is 28.4 Å². The van der Waals surface area contributed by atoms with Gasteiger partial charge in [-0.1, -0.05) is 6.07 Å². The molecular formula is C14H14N2O4S. The number of hydrogen-bond acceptors (Lipinski definition) is 6. The number of nitrogens with zero attached hydrogens (tertiary/aromatic N) is 2. The summed E-state index contributed by atoms with van der Waals surface area (Å²) in [5, 5.41) is 16.9. The van der Waals surface area contributed by atoms with Crippen molar-refractivity contribution >= 4 is 23.8 Å². The molecule has 0 atom stereocenters. The first kappa shape index (κ1) is 15.1. The molecular weight excluding hydrogens is 292 g/mol. The average molecular weight is 306 g/mol. The van der Waals surface area contributed by atoms with Crippen LogP contribution in [0.25, 0.3) is 6.08 Å². The highest BCUT2D eigenvalue weighted by atomic mass is 32.2. The fraction of sp³-hybridized carbons (Fsp3) is 0.214. The SMILES string of the molecule is COc1ccc(/C=C(\Sc2nnc(C)o2)C(=O)O)c(C)c1. The highest BCUT2D eigenvalue weighted by molar-refractivity contribution is 8.03. The van der Waals surface area contributed by atoms with Crippen molar-refractivity contribution in [2.75, 3.05) is 7.11 Å². The minimum Gasteiger partial charge on any atom is -0.497 e. The van der Waals surface area contributed by atoms with Crippen LogP contribution in [0.2, 0.25) is 0 Å². The van der Waals surface area contributed by atoms with Crippen molar-refractivity contribution in [1.82, 2.24) is 10.2 Å². The lowest BCUT2D eigenvalue weighted by Crippen LogP contribution is -1.97. The van der Waals surface area contributed by atoms with Crippen molar-refractivity contribution in [2.45, 2.75) is 19.1 Å². The smallest absolute Gasteiger partial charge is 0.342 e. The molecule has 7 heteroatoms. The number of carboxylic acid groups (broad SMARTS) is 1. The van der Waals surface area contributed by atoms with Crippen LogP contribution in [0.15, 0.2) is 32.7 Å². The Hall–Kier alpha value is -2.28. The number of thioether (sulfide) groups is 1. The maximum atomic E-state index is 11.3. The number of carboxylic acids is 1. The summed E-state index contributed by atoms with van der Waals surface area (Å²) in [5.41, 5.74) is 1.70. The maximum Gasteiger partial charge on any atom is 0.342 e. The van der Waals surface area contributed by atoms with E-state index < -0.39 is 5.97 Å². The number of benzene rings is 1. The van der Waals surface area contributed by atoms with Gasteiger partial charge in [0, 0.05) is 6.92 Å². The van der Waals surface area contributed by atoms with E-state index in [4.69, 9.17) is 9.15 Å². The summed E-state index contributed by atoms with van der Waals surface area (Å²) in [4.78, 5) is 11.4. The lowest BCUT2D eigenvalue weighted by Gasteiger charge is -2.05. The Morgan fingerprint density at radius 3 is 2.67 bits per heavy atom. The fourth-order valence-electron chi connectivity index (χ4n) is 1.63. The molecule has 0 aliphatic rings. The van der Waals surface area contributed by atoms with Crippen LogP contribution in [-0.2, 0) is 4.79 Å². The molecule has 2 rings (SSSR count). The molecule has 0 unspecified atom stereocenters. The van der Waals surface area contributed by atoms with Gasteiger partial charge in [-0.25, -0.2) is 4.79 Å². The highest BCUT2D eigenvalue weighted by Crippen LogP contribution is 2.28. The zero-order valence-electron chi connectivity index (χ0n) is 11.8. The molecule has 0 spiro atoms. The molecule has 1 heterocycles. The number of methoxy groups -OCH3 is 1. The van der Waals surface area contributed by atoms with E-state index in [1.165, 1.54) is 0 Å². The van der Waals surface area contributed by atoms with Gasteiger partial charge in [0.25, 0.3) is 5.22 Å². The van der Waals surface area contributed by atoms with Crippen molar-refractivity contribution in [2.24, 2.45) is 0 Å². The molecule has 0 saturated carbocycles. The zero-order valence-corrected chi connectivity index (χ0v) is 12.6. The van der Waals surface area contributed by atoms with Gasteiger partial charge in [0.1, 0.15) is 10.7 Å². The van der Waals surface area contributed by atoms with E-state index in [2.05, 4.69) is 10.2 Å². The third-order valence-electron chi connectivity index (χ3n) is 2.68. The minimum atomic E-state index is -1.05. The van der Waals surface area contributed by atoms with Gasteiger partial charge in [0.15, 0.2) is 0 Å². The molecule has 0 saturated heterocycles. The molecule has 0 radical (unpaired) electrons. The second-order valence-corrected chi connectivity index (χ2v) is 5.22. The molecule has 0 amide bonds. The van der Waals surface area contributed by atoms with Crippen molar-refractivity contribution < 1.29 is 19.1 Å². The number of rotatable bonds is 5. The summed E-state index contributed by atoms with van der Waals surface area (Å²) in [5.74, 6) is 0.0654. The summed E-state index contributed by atoms with van der Waals surface area (Å²) in [6, 6.07) is 5.42. The molecule has 1 N–H and O–H groups in total. The van der Waals surface area contributed by atoms with Crippen LogP contribution >= 0.6 is 11.8 Å². The molecule has 110 valence electrons. The highest BCUT2D eigenvalue weighted by Gasteiger charge is 2.14. The number of aliphatic carboxylic acids is 1. The summed E-state index contributed by atoms with van der Waals surface area (Å²) >= 11 is 0.921. The van der Waals surface area contributed by atoms with Crippen molar-refractivity contribution in [3.8, 4) is 5.75 Å². The van der Waals surface area contributed by atoms with Crippen molar-refractivity contribution in [3.63, 3.8) is 0 Å². The van der Waals surface area contributed by atoms with Gasteiger partial charge < -0.3 is 14.3 Å². The van der Waals surface area contributed by atoms with E-state index in [1.807, 2.05) is 13.0 Å². The molecule has 2 aromatic rings. The van der Waals surface area contributed by atoms with E-state index in [0.29, 0.717) is 5.89 Å². The number of aromatic nitrogens is 2. The lowest BCUT2D eigenvalue weighted by molar-refractivity contribution is -0.131. The Kier molecular flexibility index (Phi) is 4.64. The number of ether oxygens (including phenoxy) is 1. The third-order valence-corrected chi connectivity index (χ3v) is 3.53. The molecule has 0 bridgehead atoms. The summed E-state index contributed by atoms with van der Waals surface area (Å²) in [6.07, 6.45) is 1.57. The quantitative estimate of drug-likeness (QED) is 0.671. The second kappa shape index (κ2) is 6.45. The van der Waals surface area contributed by atoms with Crippen molar-refractivity contribution in [1.29, 1.82) is 0 Å². The van der Waals surface area contributed by atoms with Gasteiger partial charge in [-0.2, -0.15) is 0 Å². The normalized spacial score (nSPS) is 11.5. The van der Waals surface area contributed by atoms with Crippen LogP contribution in [0.1, 0.15) is 17.0 Å². The van der Waals surface area contributed by atoms with Gasteiger partial charge >= 0.3 is 5.97 Å². The number of hydrogen-bond donors (Lipinski definition) is 1. The van der Waals surface area contributed by atoms with E-state index in [1.54, 1.807) is 32.2 Å². The Labute approximate surface area is 125 Å². The first-order chi connectivity index (χ1) is 9.99. The molecule has 1 aromatic carbocycles. The molecule has 0 aliphatic heterocycles. The largest absolute Gasteiger partial charge is 0.497 e. The van der Waals surface area contributed by atoms with E-state index in [0.717, 1.165) is 28.6 Å². The predicted molar refractivity (Wildman–Crippen MR) is 78.2 cm³/mol. The Morgan fingerprint density at radius 2 is 2.14 bits per heavy atom. The Morgan fingerprint density at radius 1 is 1.38 bits per heavy atom. The van der Waals surface area contributed by atoms with Crippen LogP contribution in [0.3, 0.4) is 0 Å². The molecule has 21 heavy (non-hydrogen) atoms. The summed E-state index contributed by atoms with van der Waals surface area (Å²) in [7, 11) is 1.58. The predicted octanol–water partition coefficient (Wildman–Crippen LogP) is 2.91. The van der Waals surface area contributed by atoms with Gasteiger partial charge in [-0.05, 0) is 48.0 Å². The maximum absolute atomic E-state index is 11.3. The zero-order chi connectivity index (χ0) is 15.4. The third kappa shape index (κ3) is 3.85. The standard InChI is InChI=1S/C14H14N2O4S/c1-8-6-11(19-3)5-4-10(8)7-12(13(17)18)21-14-16-15-9(2)20-14/h4-7H,1-3H3,(H,17,18)/b12-7-. The van der Waals surface area contributed by atoms with Gasteiger partial charge in [0.05, 0.1) is 7.11 Å². The number of carbonyl (C=O) groups is 1.